The van der Waals surface area contributed by atoms with E-state index in [9.17, 15) is 18.0 Å². The molecule has 2 N–H and O–H groups in total. The first kappa shape index (κ1) is 18.6. The molecule has 0 saturated carbocycles. The Labute approximate surface area is 155 Å². The summed E-state index contributed by atoms with van der Waals surface area (Å²) in [6, 6.07) is 7.09. The van der Waals surface area contributed by atoms with Gasteiger partial charge in [-0.2, -0.15) is 0 Å². The molecule has 1 aliphatic carbocycles. The molecular weight excluding hydrogens is 376 g/mol. The topological polar surface area (TPSA) is 102 Å². The lowest BCUT2D eigenvalue weighted by Crippen LogP contribution is -2.41. The fourth-order valence-corrected chi connectivity index (χ4v) is 4.65. The minimum atomic E-state index is -3.94. The van der Waals surface area contributed by atoms with Crippen molar-refractivity contribution in [3.8, 4) is 0 Å². The van der Waals surface area contributed by atoms with Crippen molar-refractivity contribution in [2.24, 2.45) is 0 Å². The summed E-state index contributed by atoms with van der Waals surface area (Å²) in [5.74, 6) is -1.01. The maximum absolute atomic E-state index is 12.3. The van der Waals surface area contributed by atoms with E-state index in [1.807, 2.05) is 6.07 Å². The van der Waals surface area contributed by atoms with E-state index in [4.69, 9.17) is 4.74 Å². The van der Waals surface area contributed by atoms with Gasteiger partial charge in [0.15, 0.2) is 0 Å². The van der Waals surface area contributed by atoms with E-state index in [-0.39, 0.29) is 17.1 Å². The number of carbonyl (C=O) groups excluding carboxylic acids is 2. The average molecular weight is 394 g/mol. The smallest absolute Gasteiger partial charge is 0.338 e. The van der Waals surface area contributed by atoms with Crippen LogP contribution in [0.4, 0.5) is 0 Å². The predicted molar refractivity (Wildman–Crippen MR) is 96.5 cm³/mol. The van der Waals surface area contributed by atoms with Crippen LogP contribution in [0.25, 0.3) is 0 Å². The number of carbonyl (C=O) groups is 2. The Morgan fingerprint density at radius 3 is 2.58 bits per heavy atom. The molecule has 3 rings (SSSR count). The second-order valence-corrected chi connectivity index (χ2v) is 8.54. The van der Waals surface area contributed by atoms with Gasteiger partial charge in [0.2, 0.25) is 0 Å². The number of rotatable bonds is 6. The Kier molecular flexibility index (Phi) is 5.40. The summed E-state index contributed by atoms with van der Waals surface area (Å²) in [6.45, 7) is 1.92. The number of aryl methyl sites for hydroxylation is 2. The van der Waals surface area contributed by atoms with Crippen LogP contribution in [0.5, 0.6) is 0 Å². The van der Waals surface area contributed by atoms with Crippen molar-refractivity contribution in [2.75, 3.05) is 6.61 Å². The largest absolute Gasteiger partial charge is 0.462 e. The zero-order chi connectivity index (χ0) is 18.7. The highest BCUT2D eigenvalue weighted by molar-refractivity contribution is 7.89. The third-order valence-corrected chi connectivity index (χ3v) is 6.44. The molecule has 1 heterocycles. The second-order valence-electron chi connectivity index (χ2n) is 5.72. The highest BCUT2D eigenvalue weighted by Gasteiger charge is 2.20. The molecule has 0 unspecified atom stereocenters. The number of hydrogen-bond donors (Lipinski definition) is 2. The van der Waals surface area contributed by atoms with Crippen molar-refractivity contribution in [2.45, 2.75) is 31.1 Å². The van der Waals surface area contributed by atoms with E-state index in [1.165, 1.54) is 40.5 Å². The quantitative estimate of drug-likeness (QED) is 0.577. The first-order chi connectivity index (χ1) is 12.4. The average Bonchev–Trinajstić information content (AvgIpc) is 3.22. The lowest BCUT2D eigenvalue weighted by molar-refractivity contribution is 0.0526. The number of hydrazine groups is 1. The molecule has 1 amide bonds. The Bertz CT molecular complexity index is 911. The molecule has 1 aliphatic rings. The number of nitrogens with one attached hydrogen (secondary N) is 2. The summed E-state index contributed by atoms with van der Waals surface area (Å²) < 4.78 is 29.4. The molecule has 0 fully saturated rings. The Morgan fingerprint density at radius 2 is 1.92 bits per heavy atom. The van der Waals surface area contributed by atoms with E-state index in [0.717, 1.165) is 24.8 Å². The highest BCUT2D eigenvalue weighted by atomic mass is 32.2. The van der Waals surface area contributed by atoms with Crippen LogP contribution in [0.1, 0.15) is 43.8 Å². The lowest BCUT2D eigenvalue weighted by Gasteiger charge is -2.08. The van der Waals surface area contributed by atoms with Gasteiger partial charge in [0.25, 0.3) is 15.9 Å². The number of sulfonamides is 1. The van der Waals surface area contributed by atoms with Crippen LogP contribution in [0.15, 0.2) is 35.2 Å². The summed E-state index contributed by atoms with van der Waals surface area (Å²) in [7, 11) is -3.94. The molecule has 2 aromatic rings. The van der Waals surface area contributed by atoms with Crippen molar-refractivity contribution in [1.29, 1.82) is 0 Å². The maximum atomic E-state index is 12.3. The minimum absolute atomic E-state index is 0.0699. The fraction of sp³-hybridized carbons (Fsp3) is 0.294. The number of benzene rings is 1. The number of ether oxygens (including phenoxy) is 1. The van der Waals surface area contributed by atoms with E-state index in [0.29, 0.717) is 4.88 Å². The van der Waals surface area contributed by atoms with Gasteiger partial charge in [-0.05, 0) is 62.1 Å². The lowest BCUT2D eigenvalue weighted by atomic mass is 10.2. The van der Waals surface area contributed by atoms with Crippen LogP contribution in [-0.4, -0.2) is 26.9 Å². The van der Waals surface area contributed by atoms with Crippen molar-refractivity contribution in [3.05, 3.63) is 51.2 Å². The monoisotopic (exact) mass is 394 g/mol. The summed E-state index contributed by atoms with van der Waals surface area (Å²) in [5, 5.41) is 0. The molecule has 7 nitrogen and oxygen atoms in total. The van der Waals surface area contributed by atoms with Crippen LogP contribution in [0.2, 0.25) is 0 Å². The highest BCUT2D eigenvalue weighted by Crippen LogP contribution is 2.30. The Hall–Kier alpha value is -2.23. The third-order valence-electron chi connectivity index (χ3n) is 3.95. The van der Waals surface area contributed by atoms with Crippen molar-refractivity contribution in [1.82, 2.24) is 10.3 Å². The SMILES string of the molecule is CCOC(=O)c1ccc(S(=O)(=O)NNC(=O)c2cc3c(s2)CCC3)cc1. The fourth-order valence-electron chi connectivity index (χ4n) is 2.66. The van der Waals surface area contributed by atoms with Gasteiger partial charge in [0.05, 0.1) is 21.9 Å². The zero-order valence-corrected chi connectivity index (χ0v) is 15.7. The predicted octanol–water partition coefficient (Wildman–Crippen LogP) is 2.04. The Balaban J connectivity index is 1.64. The molecule has 0 atom stereocenters. The van der Waals surface area contributed by atoms with Gasteiger partial charge in [0.1, 0.15) is 0 Å². The summed E-state index contributed by atoms with van der Waals surface area (Å²) in [4.78, 5) is 27.4. The summed E-state index contributed by atoms with van der Waals surface area (Å²) in [6.07, 6.45) is 3.01. The molecule has 1 aromatic heterocycles. The van der Waals surface area contributed by atoms with E-state index < -0.39 is 21.9 Å². The molecule has 1 aromatic carbocycles. The first-order valence-electron chi connectivity index (χ1n) is 8.11. The molecule has 0 aliphatic heterocycles. The van der Waals surface area contributed by atoms with Crippen molar-refractivity contribution < 1.29 is 22.7 Å². The molecule has 138 valence electrons. The normalized spacial score (nSPS) is 13.3. The number of fused-ring (bicyclic) bond motifs is 1. The van der Waals surface area contributed by atoms with Gasteiger partial charge < -0.3 is 4.74 Å². The number of esters is 1. The molecule has 0 saturated heterocycles. The van der Waals surface area contributed by atoms with Crippen molar-refractivity contribution >= 4 is 33.2 Å². The first-order valence-corrected chi connectivity index (χ1v) is 10.4. The van der Waals surface area contributed by atoms with E-state index in [1.54, 1.807) is 6.92 Å². The Morgan fingerprint density at radius 1 is 1.19 bits per heavy atom. The van der Waals surface area contributed by atoms with Crippen LogP contribution >= 0.6 is 11.3 Å². The zero-order valence-electron chi connectivity index (χ0n) is 14.1. The minimum Gasteiger partial charge on any atom is -0.462 e. The number of thiophene rings is 1. The summed E-state index contributed by atoms with van der Waals surface area (Å²) in [5.41, 5.74) is 3.64. The standard InChI is InChI=1S/C17H18N2O5S2/c1-2-24-17(21)11-6-8-13(9-7-11)26(22,23)19-18-16(20)15-10-12-4-3-5-14(12)25-15/h6-10,19H,2-5H2,1H3,(H,18,20). The molecule has 0 bridgehead atoms. The van der Waals surface area contributed by atoms with Crippen LogP contribution in [-0.2, 0) is 27.6 Å². The van der Waals surface area contributed by atoms with Gasteiger partial charge in [-0.3, -0.25) is 10.2 Å². The number of amides is 1. The van der Waals surface area contributed by atoms with Gasteiger partial charge >= 0.3 is 5.97 Å². The molecule has 9 heteroatoms. The number of hydrogen-bond acceptors (Lipinski definition) is 6. The van der Waals surface area contributed by atoms with Gasteiger partial charge in [0, 0.05) is 4.88 Å². The van der Waals surface area contributed by atoms with Gasteiger partial charge in [-0.15, -0.1) is 16.2 Å². The molecular formula is C17H18N2O5S2. The van der Waals surface area contributed by atoms with E-state index in [2.05, 4.69) is 10.3 Å². The van der Waals surface area contributed by atoms with Crippen LogP contribution in [0, 0.1) is 0 Å². The van der Waals surface area contributed by atoms with Gasteiger partial charge in [-0.1, -0.05) is 0 Å². The third kappa shape index (κ3) is 3.95. The van der Waals surface area contributed by atoms with Gasteiger partial charge in [-0.25, -0.2) is 13.2 Å². The van der Waals surface area contributed by atoms with Crippen molar-refractivity contribution in [3.63, 3.8) is 0 Å². The summed E-state index contributed by atoms with van der Waals surface area (Å²) >= 11 is 1.39. The van der Waals surface area contributed by atoms with Crippen LogP contribution < -0.4 is 10.3 Å². The second kappa shape index (κ2) is 7.56. The molecule has 26 heavy (non-hydrogen) atoms. The molecule has 0 radical (unpaired) electrons. The molecule has 0 spiro atoms. The van der Waals surface area contributed by atoms with E-state index >= 15 is 0 Å². The van der Waals surface area contributed by atoms with Crippen LogP contribution in [0.3, 0.4) is 0 Å². The maximum Gasteiger partial charge on any atom is 0.338 e.